The maximum Gasteiger partial charge on any atom is 0.125 e. The van der Waals surface area contributed by atoms with E-state index in [1.165, 1.54) is 5.56 Å². The van der Waals surface area contributed by atoms with Crippen molar-refractivity contribution >= 4 is 43.5 Å². The summed E-state index contributed by atoms with van der Waals surface area (Å²) in [5.41, 5.74) is 9.76. The number of ether oxygens (including phenoxy) is 1. The Morgan fingerprint density at radius 2 is 2.05 bits per heavy atom. The largest absolute Gasteiger partial charge is 0.493 e. The zero-order valence-electron chi connectivity index (χ0n) is 11.2. The molecule has 0 radical (unpaired) electrons. The minimum Gasteiger partial charge on any atom is -0.493 e. The molecule has 21 heavy (non-hydrogen) atoms. The minimum absolute atomic E-state index is 0.113. The second-order valence-corrected chi connectivity index (χ2v) is 7.31. The van der Waals surface area contributed by atoms with E-state index in [0.29, 0.717) is 5.02 Å². The minimum atomic E-state index is -0.113. The van der Waals surface area contributed by atoms with Crippen LogP contribution < -0.4 is 10.5 Å². The van der Waals surface area contributed by atoms with E-state index in [9.17, 15) is 0 Å². The molecule has 1 aliphatic rings. The van der Waals surface area contributed by atoms with Gasteiger partial charge in [0.2, 0.25) is 0 Å². The van der Waals surface area contributed by atoms with Crippen LogP contribution in [-0.4, -0.2) is 6.61 Å². The number of benzene rings is 2. The Morgan fingerprint density at radius 1 is 1.24 bits per heavy atom. The predicted octanol–water partition coefficient (Wildman–Crippen LogP) is 5.04. The van der Waals surface area contributed by atoms with Gasteiger partial charge in [0.25, 0.3) is 0 Å². The summed E-state index contributed by atoms with van der Waals surface area (Å²) in [5, 5.41) is 0.679. The first-order chi connectivity index (χ1) is 10.0. The molecule has 2 aromatic carbocycles. The summed E-state index contributed by atoms with van der Waals surface area (Å²) in [6.45, 7) is 0.748. The van der Waals surface area contributed by atoms with Gasteiger partial charge in [0.15, 0.2) is 0 Å². The topological polar surface area (TPSA) is 35.2 Å². The number of rotatable bonds is 3. The molecular formula is C16H14Br2ClNO. The molecule has 1 heterocycles. The van der Waals surface area contributed by atoms with E-state index in [4.69, 9.17) is 22.1 Å². The summed E-state index contributed by atoms with van der Waals surface area (Å²) in [6.07, 6.45) is 1.68. The molecule has 3 rings (SSSR count). The predicted molar refractivity (Wildman–Crippen MR) is 93.1 cm³/mol. The van der Waals surface area contributed by atoms with E-state index >= 15 is 0 Å². The molecule has 1 unspecified atom stereocenters. The van der Waals surface area contributed by atoms with Crippen molar-refractivity contribution in [3.8, 4) is 5.75 Å². The molecule has 5 heteroatoms. The van der Waals surface area contributed by atoms with Crippen LogP contribution in [0.25, 0.3) is 0 Å². The summed E-state index contributed by atoms with van der Waals surface area (Å²) < 4.78 is 7.71. The van der Waals surface area contributed by atoms with Crippen molar-refractivity contribution in [3.05, 3.63) is 61.0 Å². The number of fused-ring (bicyclic) bond motifs is 1. The molecule has 0 aromatic heterocycles. The van der Waals surface area contributed by atoms with E-state index in [1.807, 2.05) is 18.2 Å². The van der Waals surface area contributed by atoms with Gasteiger partial charge in [-0.05, 0) is 63.3 Å². The van der Waals surface area contributed by atoms with Gasteiger partial charge in [-0.15, -0.1) is 0 Å². The molecule has 0 saturated heterocycles. The van der Waals surface area contributed by atoms with Gasteiger partial charge in [0.1, 0.15) is 5.75 Å². The summed E-state index contributed by atoms with van der Waals surface area (Å²) in [5.74, 6) is 0.997. The van der Waals surface area contributed by atoms with Crippen molar-refractivity contribution in [2.24, 2.45) is 5.73 Å². The Balaban J connectivity index is 1.88. The van der Waals surface area contributed by atoms with Gasteiger partial charge < -0.3 is 10.5 Å². The third kappa shape index (κ3) is 3.29. The highest BCUT2D eigenvalue weighted by Gasteiger charge is 2.19. The molecule has 0 bridgehead atoms. The zero-order valence-corrected chi connectivity index (χ0v) is 15.1. The fourth-order valence-electron chi connectivity index (χ4n) is 2.60. The summed E-state index contributed by atoms with van der Waals surface area (Å²) in [4.78, 5) is 0. The van der Waals surface area contributed by atoms with Crippen LogP contribution in [0.4, 0.5) is 0 Å². The maximum atomic E-state index is 6.35. The van der Waals surface area contributed by atoms with Crippen LogP contribution in [0.5, 0.6) is 5.75 Å². The Kier molecular flexibility index (Phi) is 4.60. The second-order valence-electron chi connectivity index (χ2n) is 5.14. The van der Waals surface area contributed by atoms with Crippen LogP contribution in [0.2, 0.25) is 5.02 Å². The first kappa shape index (κ1) is 15.3. The lowest BCUT2D eigenvalue weighted by molar-refractivity contribution is 0.352. The Bertz CT molecular complexity index is 690. The molecule has 1 atom stereocenters. The van der Waals surface area contributed by atoms with E-state index in [0.717, 1.165) is 45.3 Å². The van der Waals surface area contributed by atoms with Gasteiger partial charge in [-0.3, -0.25) is 0 Å². The standard InChI is InChI=1S/C16H14Br2ClNO/c17-12-5-10-3-4-21-16(10)11(6-12)8-15(20)9-1-2-13(18)14(19)7-9/h1-2,5-7,15H,3-4,8,20H2. The molecule has 0 spiro atoms. The van der Waals surface area contributed by atoms with Gasteiger partial charge in [-0.25, -0.2) is 0 Å². The number of halogens is 3. The molecular weight excluding hydrogens is 417 g/mol. The molecule has 0 amide bonds. The molecule has 2 N–H and O–H groups in total. The van der Waals surface area contributed by atoms with Crippen molar-refractivity contribution in [1.82, 2.24) is 0 Å². The van der Waals surface area contributed by atoms with Crippen LogP contribution in [0.1, 0.15) is 22.7 Å². The first-order valence-electron chi connectivity index (χ1n) is 6.69. The highest BCUT2D eigenvalue weighted by atomic mass is 79.9. The first-order valence-corrected chi connectivity index (χ1v) is 8.65. The van der Waals surface area contributed by atoms with Crippen molar-refractivity contribution in [3.63, 3.8) is 0 Å². The van der Waals surface area contributed by atoms with Crippen molar-refractivity contribution in [2.45, 2.75) is 18.9 Å². The van der Waals surface area contributed by atoms with Crippen LogP contribution in [0.15, 0.2) is 39.3 Å². The lowest BCUT2D eigenvalue weighted by atomic mass is 9.97. The van der Waals surface area contributed by atoms with Crippen molar-refractivity contribution in [1.29, 1.82) is 0 Å². The lowest BCUT2D eigenvalue weighted by Crippen LogP contribution is -2.14. The third-order valence-electron chi connectivity index (χ3n) is 3.64. The fourth-order valence-corrected chi connectivity index (χ4v) is 3.58. The monoisotopic (exact) mass is 429 g/mol. The average molecular weight is 432 g/mol. The smallest absolute Gasteiger partial charge is 0.125 e. The Hall–Kier alpha value is -0.550. The van der Waals surface area contributed by atoms with Crippen LogP contribution >= 0.6 is 43.5 Å². The Morgan fingerprint density at radius 3 is 2.81 bits per heavy atom. The van der Waals surface area contributed by atoms with E-state index in [-0.39, 0.29) is 6.04 Å². The lowest BCUT2D eigenvalue weighted by Gasteiger charge is -2.15. The number of nitrogens with two attached hydrogens (primary N) is 1. The molecule has 1 aliphatic heterocycles. The second kappa shape index (κ2) is 6.29. The molecule has 0 saturated carbocycles. The molecule has 0 fully saturated rings. The molecule has 2 nitrogen and oxygen atoms in total. The highest BCUT2D eigenvalue weighted by molar-refractivity contribution is 9.10. The highest BCUT2D eigenvalue weighted by Crippen LogP contribution is 2.35. The van der Waals surface area contributed by atoms with Gasteiger partial charge in [-0.2, -0.15) is 0 Å². The number of hydrogen-bond acceptors (Lipinski definition) is 2. The summed E-state index contributed by atoms with van der Waals surface area (Å²) in [7, 11) is 0. The number of hydrogen-bond donors (Lipinski definition) is 1. The molecule has 0 aliphatic carbocycles. The van der Waals surface area contributed by atoms with Crippen LogP contribution in [-0.2, 0) is 12.8 Å². The van der Waals surface area contributed by atoms with Gasteiger partial charge in [-0.1, -0.05) is 33.6 Å². The normalized spacial score (nSPS) is 14.7. The summed E-state index contributed by atoms with van der Waals surface area (Å²) >= 11 is 13.1. The van der Waals surface area contributed by atoms with E-state index in [2.05, 4.69) is 44.0 Å². The van der Waals surface area contributed by atoms with E-state index < -0.39 is 0 Å². The van der Waals surface area contributed by atoms with Crippen LogP contribution in [0, 0.1) is 0 Å². The van der Waals surface area contributed by atoms with Crippen molar-refractivity contribution < 1.29 is 4.74 Å². The van der Waals surface area contributed by atoms with Gasteiger partial charge in [0.05, 0.1) is 11.6 Å². The zero-order chi connectivity index (χ0) is 15.0. The molecule has 2 aromatic rings. The van der Waals surface area contributed by atoms with Gasteiger partial charge in [0, 0.05) is 21.4 Å². The SMILES string of the molecule is NC(Cc1cc(Br)cc2c1OCC2)c1ccc(Br)c(Cl)c1. The average Bonchev–Trinajstić information content (AvgIpc) is 2.90. The maximum absolute atomic E-state index is 6.35. The quantitative estimate of drug-likeness (QED) is 0.739. The Labute approximate surface area is 145 Å². The van der Waals surface area contributed by atoms with Crippen LogP contribution in [0.3, 0.4) is 0 Å². The van der Waals surface area contributed by atoms with Gasteiger partial charge >= 0.3 is 0 Å². The fraction of sp³-hybridized carbons (Fsp3) is 0.250. The van der Waals surface area contributed by atoms with Crippen molar-refractivity contribution in [2.75, 3.05) is 6.61 Å². The van der Waals surface area contributed by atoms with E-state index in [1.54, 1.807) is 0 Å². The summed E-state index contributed by atoms with van der Waals surface area (Å²) in [6, 6.07) is 9.94. The molecule has 110 valence electrons. The third-order valence-corrected chi connectivity index (χ3v) is 5.33.